The monoisotopic (exact) mass is 318 g/mol. The first-order valence-corrected chi connectivity index (χ1v) is 6.86. The minimum Gasteiger partial charge on any atom is -0.480 e. The number of aryl methyl sites for hydroxylation is 1. The van der Waals surface area contributed by atoms with Gasteiger partial charge in [-0.3, -0.25) is 0 Å². The Kier molecular flexibility index (Phi) is 6.10. The minimum atomic E-state index is -1.07. The molecule has 0 aromatic heterocycles. The summed E-state index contributed by atoms with van der Waals surface area (Å²) in [5, 5.41) is 14.6. The Balaban J connectivity index is 2.75. The smallest absolute Gasteiger partial charge is 0.326 e. The van der Waals surface area contributed by atoms with Crippen LogP contribution in [0.2, 0.25) is 10.0 Å². The lowest BCUT2D eigenvalue weighted by Gasteiger charge is -2.15. The Morgan fingerprint density at radius 1 is 1.30 bits per heavy atom. The molecule has 2 amide bonds. The molecule has 0 fully saturated rings. The SMILES string of the molecule is CCC[C@@H](NC(=O)Nc1cc(Cl)c(C)cc1Cl)C(=O)O. The van der Waals surface area contributed by atoms with Crippen LogP contribution in [0.25, 0.3) is 0 Å². The van der Waals surface area contributed by atoms with Crippen LogP contribution in [0.3, 0.4) is 0 Å². The summed E-state index contributed by atoms with van der Waals surface area (Å²) in [7, 11) is 0. The molecule has 0 aliphatic rings. The van der Waals surface area contributed by atoms with Gasteiger partial charge >= 0.3 is 12.0 Å². The molecule has 1 aromatic rings. The summed E-state index contributed by atoms with van der Waals surface area (Å²) in [5.41, 5.74) is 1.12. The highest BCUT2D eigenvalue weighted by molar-refractivity contribution is 6.36. The second-order valence-electron chi connectivity index (χ2n) is 4.36. The Bertz CT molecular complexity index is 521. The van der Waals surface area contributed by atoms with E-state index < -0.39 is 18.0 Å². The van der Waals surface area contributed by atoms with Crippen LogP contribution in [0.5, 0.6) is 0 Å². The Morgan fingerprint density at radius 2 is 1.95 bits per heavy atom. The normalized spacial score (nSPS) is 11.8. The number of carboxylic acid groups (broad SMARTS) is 1. The number of nitrogens with one attached hydrogen (secondary N) is 2. The van der Waals surface area contributed by atoms with Crippen molar-refractivity contribution in [2.24, 2.45) is 0 Å². The second-order valence-corrected chi connectivity index (χ2v) is 5.17. The number of aliphatic carboxylic acids is 1. The van der Waals surface area contributed by atoms with Gasteiger partial charge in [0.05, 0.1) is 10.7 Å². The van der Waals surface area contributed by atoms with E-state index in [9.17, 15) is 9.59 Å². The lowest BCUT2D eigenvalue weighted by molar-refractivity contribution is -0.139. The number of rotatable bonds is 5. The number of amides is 2. The number of halogens is 2. The van der Waals surface area contributed by atoms with Gasteiger partial charge in [0.15, 0.2) is 0 Å². The molecular weight excluding hydrogens is 303 g/mol. The summed E-state index contributed by atoms with van der Waals surface area (Å²) < 4.78 is 0. The molecule has 0 radical (unpaired) electrons. The molecule has 0 aliphatic heterocycles. The number of anilines is 1. The lowest BCUT2D eigenvalue weighted by atomic mass is 10.2. The molecule has 0 spiro atoms. The average Bonchev–Trinajstić information content (AvgIpc) is 2.35. The van der Waals surface area contributed by atoms with Gasteiger partial charge in [0.1, 0.15) is 6.04 Å². The van der Waals surface area contributed by atoms with Crippen molar-refractivity contribution >= 4 is 40.9 Å². The maximum Gasteiger partial charge on any atom is 0.326 e. The molecule has 1 aromatic carbocycles. The molecule has 0 saturated heterocycles. The quantitative estimate of drug-likeness (QED) is 0.775. The first-order chi connectivity index (χ1) is 9.35. The first-order valence-electron chi connectivity index (χ1n) is 6.11. The molecule has 110 valence electrons. The number of hydrogen-bond donors (Lipinski definition) is 3. The summed E-state index contributed by atoms with van der Waals surface area (Å²) in [5.74, 6) is -1.07. The van der Waals surface area contributed by atoms with Crippen LogP contribution in [0, 0.1) is 6.92 Å². The van der Waals surface area contributed by atoms with Crippen molar-refractivity contribution in [3.05, 3.63) is 27.7 Å². The highest BCUT2D eigenvalue weighted by Gasteiger charge is 2.19. The van der Waals surface area contributed by atoms with Crippen molar-refractivity contribution in [3.8, 4) is 0 Å². The molecule has 0 unspecified atom stereocenters. The molecule has 5 nitrogen and oxygen atoms in total. The van der Waals surface area contributed by atoms with E-state index in [1.54, 1.807) is 13.0 Å². The maximum atomic E-state index is 11.8. The average molecular weight is 319 g/mol. The van der Waals surface area contributed by atoms with Crippen molar-refractivity contribution in [3.63, 3.8) is 0 Å². The zero-order valence-corrected chi connectivity index (χ0v) is 12.7. The van der Waals surface area contributed by atoms with Crippen LogP contribution in [-0.2, 0) is 4.79 Å². The lowest BCUT2D eigenvalue weighted by Crippen LogP contribution is -2.42. The van der Waals surface area contributed by atoms with Crippen LogP contribution in [0.4, 0.5) is 10.5 Å². The third-order valence-corrected chi connectivity index (χ3v) is 3.40. The van der Waals surface area contributed by atoms with E-state index in [-0.39, 0.29) is 0 Å². The fraction of sp³-hybridized carbons (Fsp3) is 0.385. The molecule has 0 saturated carbocycles. The van der Waals surface area contributed by atoms with E-state index in [0.29, 0.717) is 28.6 Å². The Morgan fingerprint density at radius 3 is 2.50 bits per heavy atom. The van der Waals surface area contributed by atoms with Gasteiger partial charge in [-0.1, -0.05) is 36.5 Å². The molecule has 1 rings (SSSR count). The van der Waals surface area contributed by atoms with E-state index in [0.717, 1.165) is 5.56 Å². The fourth-order valence-electron chi connectivity index (χ4n) is 1.60. The topological polar surface area (TPSA) is 78.4 Å². The highest BCUT2D eigenvalue weighted by Crippen LogP contribution is 2.28. The summed E-state index contributed by atoms with van der Waals surface area (Å²) in [6.45, 7) is 3.63. The fourth-order valence-corrected chi connectivity index (χ4v) is 2.03. The summed E-state index contributed by atoms with van der Waals surface area (Å²) >= 11 is 11.9. The zero-order valence-electron chi connectivity index (χ0n) is 11.2. The van der Waals surface area contributed by atoms with Crippen molar-refractivity contribution in [1.82, 2.24) is 5.32 Å². The van der Waals surface area contributed by atoms with Crippen LogP contribution < -0.4 is 10.6 Å². The third-order valence-electron chi connectivity index (χ3n) is 2.68. The first kappa shape index (κ1) is 16.6. The van der Waals surface area contributed by atoms with E-state index in [1.165, 1.54) is 6.07 Å². The Hall–Kier alpha value is -1.46. The molecule has 0 bridgehead atoms. The van der Waals surface area contributed by atoms with Gasteiger partial charge in [-0.15, -0.1) is 0 Å². The molecule has 3 N–H and O–H groups in total. The number of urea groups is 1. The van der Waals surface area contributed by atoms with Crippen molar-refractivity contribution in [2.75, 3.05) is 5.32 Å². The number of hydrogen-bond acceptors (Lipinski definition) is 2. The van der Waals surface area contributed by atoms with E-state index in [4.69, 9.17) is 28.3 Å². The third kappa shape index (κ3) is 4.58. The zero-order chi connectivity index (χ0) is 15.3. The predicted octanol–water partition coefficient (Wildman–Crippen LogP) is 3.68. The predicted molar refractivity (Wildman–Crippen MR) is 79.7 cm³/mol. The standard InChI is InChI=1S/C13H16Cl2N2O3/c1-3-4-10(12(18)19)16-13(20)17-11-6-8(14)7(2)5-9(11)15/h5-6,10H,3-4H2,1-2H3,(H,18,19)(H2,16,17,20)/t10-/m1/s1. The maximum absolute atomic E-state index is 11.8. The summed E-state index contributed by atoms with van der Waals surface area (Å²) in [6.07, 6.45) is 1.000. The van der Waals surface area contributed by atoms with Crippen molar-refractivity contribution in [2.45, 2.75) is 32.7 Å². The van der Waals surface area contributed by atoms with Crippen molar-refractivity contribution < 1.29 is 14.7 Å². The number of carbonyl (C=O) groups is 2. The molecule has 0 aliphatic carbocycles. The number of carbonyl (C=O) groups excluding carboxylic acids is 1. The van der Waals surface area contributed by atoms with Gasteiger partial charge in [-0.25, -0.2) is 9.59 Å². The highest BCUT2D eigenvalue weighted by atomic mass is 35.5. The van der Waals surface area contributed by atoms with Crippen LogP contribution >= 0.6 is 23.2 Å². The van der Waals surface area contributed by atoms with Gasteiger partial charge in [0.2, 0.25) is 0 Å². The van der Waals surface area contributed by atoms with E-state index in [1.807, 2.05) is 6.92 Å². The summed E-state index contributed by atoms with van der Waals surface area (Å²) in [4.78, 5) is 22.7. The largest absolute Gasteiger partial charge is 0.480 e. The molecular formula is C13H16Cl2N2O3. The minimum absolute atomic E-state index is 0.334. The van der Waals surface area contributed by atoms with Crippen molar-refractivity contribution in [1.29, 1.82) is 0 Å². The molecule has 1 atom stereocenters. The van der Waals surface area contributed by atoms with E-state index >= 15 is 0 Å². The van der Waals surface area contributed by atoms with Crippen LogP contribution in [0.15, 0.2) is 12.1 Å². The van der Waals surface area contributed by atoms with Gasteiger partial charge in [0.25, 0.3) is 0 Å². The number of carboxylic acids is 1. The van der Waals surface area contributed by atoms with Gasteiger partial charge in [-0.05, 0) is 31.0 Å². The molecule has 20 heavy (non-hydrogen) atoms. The van der Waals surface area contributed by atoms with Crippen LogP contribution in [0.1, 0.15) is 25.3 Å². The second kappa shape index (κ2) is 7.36. The van der Waals surface area contributed by atoms with E-state index in [2.05, 4.69) is 10.6 Å². The van der Waals surface area contributed by atoms with Gasteiger partial charge in [-0.2, -0.15) is 0 Å². The Labute approximate surface area is 127 Å². The summed E-state index contributed by atoms with van der Waals surface area (Å²) in [6, 6.07) is 1.58. The molecule has 0 heterocycles. The number of benzene rings is 1. The van der Waals surface area contributed by atoms with Gasteiger partial charge in [0, 0.05) is 5.02 Å². The van der Waals surface area contributed by atoms with Gasteiger partial charge < -0.3 is 15.7 Å². The van der Waals surface area contributed by atoms with Crippen LogP contribution in [-0.4, -0.2) is 23.1 Å². The molecule has 7 heteroatoms.